The van der Waals surface area contributed by atoms with E-state index in [1.165, 1.54) is 12.8 Å². The van der Waals surface area contributed by atoms with E-state index in [9.17, 15) is 0 Å². The van der Waals surface area contributed by atoms with Crippen LogP contribution in [-0.2, 0) is 0 Å². The van der Waals surface area contributed by atoms with Gasteiger partial charge in [-0.2, -0.15) is 0 Å². The van der Waals surface area contributed by atoms with E-state index < -0.39 is 0 Å². The lowest BCUT2D eigenvalue weighted by atomic mass is 10.0. The Morgan fingerprint density at radius 1 is 1.40 bits per heavy atom. The van der Waals surface area contributed by atoms with Gasteiger partial charge >= 0.3 is 0 Å². The molecule has 2 heteroatoms. The van der Waals surface area contributed by atoms with Crippen molar-refractivity contribution in [2.24, 2.45) is 11.7 Å². The van der Waals surface area contributed by atoms with E-state index in [2.05, 4.69) is 13.0 Å². The number of hydrogen-bond acceptors (Lipinski definition) is 2. The first-order valence-electron chi connectivity index (χ1n) is 5.78. The Labute approximate surface area is 91.4 Å². The van der Waals surface area contributed by atoms with Crippen LogP contribution in [0.15, 0.2) is 24.3 Å². The van der Waals surface area contributed by atoms with Crippen molar-refractivity contribution in [2.75, 3.05) is 6.61 Å². The summed E-state index contributed by atoms with van der Waals surface area (Å²) < 4.78 is 5.80. The molecule has 0 aromatic heterocycles. The molecule has 0 saturated heterocycles. The number of benzene rings is 1. The largest absolute Gasteiger partial charge is 0.493 e. The maximum atomic E-state index is 6.04. The van der Waals surface area contributed by atoms with Gasteiger partial charge in [0.2, 0.25) is 0 Å². The van der Waals surface area contributed by atoms with Crippen LogP contribution in [0, 0.1) is 5.92 Å². The van der Waals surface area contributed by atoms with Gasteiger partial charge in [-0.25, -0.2) is 0 Å². The second kappa shape index (κ2) is 4.67. The zero-order chi connectivity index (χ0) is 10.7. The Balaban J connectivity index is 2.05. The lowest BCUT2D eigenvalue weighted by molar-refractivity contribution is 0.295. The zero-order valence-electron chi connectivity index (χ0n) is 9.28. The average molecular weight is 205 g/mol. The third-order valence-electron chi connectivity index (χ3n) is 2.93. The summed E-state index contributed by atoms with van der Waals surface area (Å²) in [7, 11) is 0. The molecule has 0 aliphatic heterocycles. The van der Waals surface area contributed by atoms with E-state index in [1.54, 1.807) is 0 Å². The summed E-state index contributed by atoms with van der Waals surface area (Å²) in [4.78, 5) is 0. The van der Waals surface area contributed by atoms with Gasteiger partial charge in [0.25, 0.3) is 0 Å². The molecule has 2 rings (SSSR count). The van der Waals surface area contributed by atoms with Crippen molar-refractivity contribution < 1.29 is 4.74 Å². The Morgan fingerprint density at radius 3 is 2.80 bits per heavy atom. The van der Waals surface area contributed by atoms with Crippen molar-refractivity contribution in [1.82, 2.24) is 0 Å². The highest BCUT2D eigenvalue weighted by molar-refractivity contribution is 5.35. The van der Waals surface area contributed by atoms with E-state index in [0.717, 1.165) is 30.3 Å². The molecule has 1 unspecified atom stereocenters. The van der Waals surface area contributed by atoms with Gasteiger partial charge in [0, 0.05) is 11.6 Å². The Kier molecular flexibility index (Phi) is 3.27. The molecule has 1 aromatic rings. The normalized spacial score (nSPS) is 17.5. The van der Waals surface area contributed by atoms with Crippen molar-refractivity contribution >= 4 is 0 Å². The Hall–Kier alpha value is -1.02. The van der Waals surface area contributed by atoms with Crippen LogP contribution in [0.1, 0.15) is 37.8 Å². The fourth-order valence-electron chi connectivity index (χ4n) is 1.63. The van der Waals surface area contributed by atoms with Crippen molar-refractivity contribution in [3.05, 3.63) is 29.8 Å². The van der Waals surface area contributed by atoms with Gasteiger partial charge in [0.15, 0.2) is 0 Å². The van der Waals surface area contributed by atoms with Gasteiger partial charge in [-0.1, -0.05) is 25.1 Å². The Bertz CT molecular complexity index is 320. The molecule has 0 bridgehead atoms. The molecule has 2 N–H and O–H groups in total. The number of nitrogens with two attached hydrogens (primary N) is 1. The molecule has 82 valence electrons. The summed E-state index contributed by atoms with van der Waals surface area (Å²) in [6, 6.07) is 8.22. The predicted octanol–water partition coefficient (Wildman–Crippen LogP) is 2.89. The first-order valence-corrected chi connectivity index (χ1v) is 5.78. The molecule has 1 aromatic carbocycles. The number of hydrogen-bond donors (Lipinski definition) is 1. The molecule has 0 amide bonds. The van der Waals surface area contributed by atoms with Crippen LogP contribution < -0.4 is 10.5 Å². The lowest BCUT2D eigenvalue weighted by Crippen LogP contribution is -2.11. The fourth-order valence-corrected chi connectivity index (χ4v) is 1.63. The fraction of sp³-hybridized carbons (Fsp3) is 0.538. The molecule has 1 fully saturated rings. The van der Waals surface area contributed by atoms with Crippen LogP contribution in [0.4, 0.5) is 0 Å². The monoisotopic (exact) mass is 205 g/mol. The summed E-state index contributed by atoms with van der Waals surface area (Å²) in [6.07, 6.45) is 3.59. The van der Waals surface area contributed by atoms with Crippen molar-refractivity contribution in [1.29, 1.82) is 0 Å². The molecule has 1 saturated carbocycles. The van der Waals surface area contributed by atoms with Crippen LogP contribution in [0.3, 0.4) is 0 Å². The van der Waals surface area contributed by atoms with Crippen molar-refractivity contribution in [3.8, 4) is 5.75 Å². The van der Waals surface area contributed by atoms with Gasteiger partial charge in [-0.15, -0.1) is 0 Å². The lowest BCUT2D eigenvalue weighted by Gasteiger charge is -2.15. The van der Waals surface area contributed by atoms with E-state index in [1.807, 2.05) is 18.2 Å². The molecule has 1 aliphatic rings. The van der Waals surface area contributed by atoms with Gasteiger partial charge in [-0.05, 0) is 31.2 Å². The first-order chi connectivity index (χ1) is 7.31. The second-order valence-electron chi connectivity index (χ2n) is 4.31. The summed E-state index contributed by atoms with van der Waals surface area (Å²) in [6.45, 7) is 2.95. The molecule has 15 heavy (non-hydrogen) atoms. The molecular formula is C13H19NO. The molecule has 1 aliphatic carbocycles. The average Bonchev–Trinajstić information content (AvgIpc) is 3.09. The maximum Gasteiger partial charge on any atom is 0.124 e. The molecule has 0 radical (unpaired) electrons. The van der Waals surface area contributed by atoms with Gasteiger partial charge < -0.3 is 10.5 Å². The Morgan fingerprint density at radius 2 is 2.13 bits per heavy atom. The number of para-hydroxylation sites is 1. The summed E-state index contributed by atoms with van der Waals surface area (Å²) in [5, 5.41) is 0. The minimum absolute atomic E-state index is 0.0976. The van der Waals surface area contributed by atoms with Crippen molar-refractivity contribution in [2.45, 2.75) is 32.2 Å². The van der Waals surface area contributed by atoms with E-state index >= 15 is 0 Å². The van der Waals surface area contributed by atoms with Crippen LogP contribution >= 0.6 is 0 Å². The van der Waals surface area contributed by atoms with Gasteiger partial charge in [0.05, 0.1) is 6.61 Å². The maximum absolute atomic E-state index is 6.04. The topological polar surface area (TPSA) is 35.2 Å². The van der Waals surface area contributed by atoms with E-state index in [-0.39, 0.29) is 6.04 Å². The molecule has 2 nitrogen and oxygen atoms in total. The highest BCUT2D eigenvalue weighted by Gasteiger charge is 2.22. The summed E-state index contributed by atoms with van der Waals surface area (Å²) >= 11 is 0. The molecule has 0 heterocycles. The van der Waals surface area contributed by atoms with Crippen LogP contribution in [-0.4, -0.2) is 6.61 Å². The number of ether oxygens (including phenoxy) is 1. The van der Waals surface area contributed by atoms with Crippen LogP contribution in [0.2, 0.25) is 0 Å². The van der Waals surface area contributed by atoms with Crippen LogP contribution in [0.5, 0.6) is 5.75 Å². The standard InChI is InChI=1S/C13H19NO/c1-2-12(14)11-5-3-4-6-13(11)15-9-10-7-8-10/h3-6,10,12H,2,7-9,14H2,1H3. The van der Waals surface area contributed by atoms with E-state index in [4.69, 9.17) is 10.5 Å². The molecule has 0 spiro atoms. The predicted molar refractivity (Wildman–Crippen MR) is 61.9 cm³/mol. The highest BCUT2D eigenvalue weighted by atomic mass is 16.5. The van der Waals surface area contributed by atoms with Crippen molar-refractivity contribution in [3.63, 3.8) is 0 Å². The minimum atomic E-state index is 0.0976. The van der Waals surface area contributed by atoms with Crippen LogP contribution in [0.25, 0.3) is 0 Å². The van der Waals surface area contributed by atoms with Gasteiger partial charge in [0.1, 0.15) is 5.75 Å². The second-order valence-corrected chi connectivity index (χ2v) is 4.31. The summed E-state index contributed by atoms with van der Waals surface area (Å²) in [5.41, 5.74) is 7.18. The first kappa shape index (κ1) is 10.5. The highest BCUT2D eigenvalue weighted by Crippen LogP contribution is 2.31. The quantitative estimate of drug-likeness (QED) is 0.802. The van der Waals surface area contributed by atoms with E-state index in [0.29, 0.717) is 0 Å². The minimum Gasteiger partial charge on any atom is -0.493 e. The number of rotatable bonds is 5. The summed E-state index contributed by atoms with van der Waals surface area (Å²) in [5.74, 6) is 1.76. The molecule has 1 atom stereocenters. The zero-order valence-corrected chi connectivity index (χ0v) is 9.28. The third kappa shape index (κ3) is 2.72. The van der Waals surface area contributed by atoms with Gasteiger partial charge in [-0.3, -0.25) is 0 Å². The molecular weight excluding hydrogens is 186 g/mol. The SMILES string of the molecule is CCC(N)c1ccccc1OCC1CC1. The third-order valence-corrected chi connectivity index (χ3v) is 2.93. The smallest absolute Gasteiger partial charge is 0.124 e.